The van der Waals surface area contributed by atoms with Crippen molar-refractivity contribution in [3.63, 3.8) is 0 Å². The molecule has 1 aliphatic rings. The van der Waals surface area contributed by atoms with Crippen LogP contribution in [0.1, 0.15) is 33.6 Å². The lowest BCUT2D eigenvalue weighted by Crippen LogP contribution is -2.28. The molecule has 0 atom stereocenters. The SMILES string of the molecule is CC(C)(C)OC(=O)C1=CN(C(=O)OCCC#N)C=CC1. The highest BCUT2D eigenvalue weighted by Gasteiger charge is 2.23. The van der Waals surface area contributed by atoms with Crippen LogP contribution in [0.4, 0.5) is 4.79 Å². The first-order chi connectivity index (χ1) is 9.33. The first kappa shape index (κ1) is 15.8. The van der Waals surface area contributed by atoms with Gasteiger partial charge in [-0.2, -0.15) is 5.26 Å². The molecule has 0 N–H and O–H groups in total. The summed E-state index contributed by atoms with van der Waals surface area (Å²) in [4.78, 5) is 24.7. The summed E-state index contributed by atoms with van der Waals surface area (Å²) < 4.78 is 10.1. The number of hydrogen-bond donors (Lipinski definition) is 0. The fraction of sp³-hybridized carbons (Fsp3) is 0.500. The highest BCUT2D eigenvalue weighted by molar-refractivity contribution is 5.90. The lowest BCUT2D eigenvalue weighted by atomic mass is 10.1. The molecule has 20 heavy (non-hydrogen) atoms. The monoisotopic (exact) mass is 278 g/mol. The van der Waals surface area contributed by atoms with E-state index in [-0.39, 0.29) is 13.0 Å². The highest BCUT2D eigenvalue weighted by atomic mass is 16.6. The quantitative estimate of drug-likeness (QED) is 0.585. The molecule has 0 aliphatic carbocycles. The Kier molecular flexibility index (Phi) is 5.32. The Morgan fingerprint density at radius 1 is 1.45 bits per heavy atom. The summed E-state index contributed by atoms with van der Waals surface area (Å²) in [6, 6.07) is 1.88. The molecule has 0 radical (unpaired) electrons. The molecule has 1 aliphatic heterocycles. The average molecular weight is 278 g/mol. The average Bonchev–Trinajstić information content (AvgIpc) is 2.37. The van der Waals surface area contributed by atoms with Gasteiger partial charge in [0.1, 0.15) is 12.2 Å². The summed E-state index contributed by atoms with van der Waals surface area (Å²) in [6.07, 6.45) is 4.48. The van der Waals surface area contributed by atoms with Gasteiger partial charge in [0.15, 0.2) is 0 Å². The first-order valence-electron chi connectivity index (χ1n) is 6.26. The van der Waals surface area contributed by atoms with Crippen molar-refractivity contribution < 1.29 is 19.1 Å². The number of carbonyl (C=O) groups is 2. The zero-order valence-electron chi connectivity index (χ0n) is 11.9. The van der Waals surface area contributed by atoms with Crippen LogP contribution in [0, 0.1) is 11.3 Å². The van der Waals surface area contributed by atoms with E-state index >= 15 is 0 Å². The van der Waals surface area contributed by atoms with E-state index in [4.69, 9.17) is 14.7 Å². The molecule has 0 saturated carbocycles. The molecular formula is C14H18N2O4. The van der Waals surface area contributed by atoms with E-state index in [0.717, 1.165) is 0 Å². The van der Waals surface area contributed by atoms with Crippen LogP contribution in [-0.4, -0.2) is 29.2 Å². The van der Waals surface area contributed by atoms with Gasteiger partial charge in [0.05, 0.1) is 18.1 Å². The van der Waals surface area contributed by atoms with E-state index < -0.39 is 17.7 Å². The van der Waals surface area contributed by atoms with Crippen molar-refractivity contribution in [2.45, 2.75) is 39.2 Å². The third-order valence-corrected chi connectivity index (χ3v) is 2.21. The number of nitrogens with zero attached hydrogens (tertiary/aromatic N) is 2. The second-order valence-corrected chi connectivity index (χ2v) is 5.17. The van der Waals surface area contributed by atoms with Gasteiger partial charge < -0.3 is 9.47 Å². The number of rotatable bonds is 3. The zero-order chi connectivity index (χ0) is 15.2. The summed E-state index contributed by atoms with van der Waals surface area (Å²) in [5.74, 6) is -0.461. The Balaban J connectivity index is 2.65. The van der Waals surface area contributed by atoms with E-state index in [0.29, 0.717) is 12.0 Å². The molecule has 0 aromatic rings. The minimum absolute atomic E-state index is 0.0231. The molecule has 6 nitrogen and oxygen atoms in total. The highest BCUT2D eigenvalue weighted by Crippen LogP contribution is 2.18. The van der Waals surface area contributed by atoms with Gasteiger partial charge in [0.25, 0.3) is 0 Å². The van der Waals surface area contributed by atoms with Gasteiger partial charge in [-0.15, -0.1) is 0 Å². The minimum Gasteiger partial charge on any atom is -0.457 e. The third-order valence-electron chi connectivity index (χ3n) is 2.21. The lowest BCUT2D eigenvalue weighted by Gasteiger charge is -2.23. The Bertz CT molecular complexity index is 480. The standard InChI is InChI=1S/C14H18N2O4/c1-14(2,3)20-12(17)11-6-4-8-16(10-11)13(18)19-9-5-7-15/h4,8,10H,5-6,9H2,1-3H3. The van der Waals surface area contributed by atoms with Gasteiger partial charge in [-0.25, -0.2) is 9.59 Å². The fourth-order valence-electron chi connectivity index (χ4n) is 1.41. The molecular weight excluding hydrogens is 260 g/mol. The molecule has 0 aromatic heterocycles. The molecule has 0 fully saturated rings. The summed E-state index contributed by atoms with van der Waals surface area (Å²) in [5, 5.41) is 8.37. The molecule has 0 bridgehead atoms. The first-order valence-corrected chi connectivity index (χ1v) is 6.26. The van der Waals surface area contributed by atoms with Gasteiger partial charge in [-0.3, -0.25) is 4.90 Å². The van der Waals surface area contributed by atoms with Crippen LogP contribution in [-0.2, 0) is 14.3 Å². The molecule has 0 spiro atoms. The van der Waals surface area contributed by atoms with Gasteiger partial charge in [-0.05, 0) is 20.8 Å². The van der Waals surface area contributed by atoms with Crippen LogP contribution in [0.5, 0.6) is 0 Å². The maximum atomic E-state index is 11.9. The molecule has 0 aromatic carbocycles. The van der Waals surface area contributed by atoms with E-state index in [1.807, 2.05) is 6.07 Å². The maximum Gasteiger partial charge on any atom is 0.417 e. The number of carbonyl (C=O) groups excluding carboxylic acids is 2. The van der Waals surface area contributed by atoms with Crippen molar-refractivity contribution in [1.82, 2.24) is 4.90 Å². The van der Waals surface area contributed by atoms with Crippen LogP contribution in [0.25, 0.3) is 0 Å². The number of nitriles is 1. The van der Waals surface area contributed by atoms with Crippen molar-refractivity contribution in [3.8, 4) is 6.07 Å². The Hall–Kier alpha value is -2.29. The van der Waals surface area contributed by atoms with E-state index in [2.05, 4.69) is 0 Å². The minimum atomic E-state index is -0.628. The van der Waals surface area contributed by atoms with Crippen molar-refractivity contribution in [1.29, 1.82) is 5.26 Å². The Morgan fingerprint density at radius 3 is 2.75 bits per heavy atom. The van der Waals surface area contributed by atoms with Crippen LogP contribution < -0.4 is 0 Å². The Labute approximate surface area is 118 Å². The number of esters is 1. The van der Waals surface area contributed by atoms with Crippen LogP contribution in [0.15, 0.2) is 24.0 Å². The fourth-order valence-corrected chi connectivity index (χ4v) is 1.41. The summed E-state index contributed by atoms with van der Waals surface area (Å²) in [6.45, 7) is 5.35. The normalized spacial score (nSPS) is 14.3. The van der Waals surface area contributed by atoms with Gasteiger partial charge in [0, 0.05) is 18.8 Å². The van der Waals surface area contributed by atoms with Crippen molar-refractivity contribution in [2.75, 3.05) is 6.61 Å². The molecule has 0 saturated heterocycles. The summed E-state index contributed by atoms with van der Waals surface area (Å²) >= 11 is 0. The summed E-state index contributed by atoms with van der Waals surface area (Å²) in [7, 11) is 0. The molecule has 6 heteroatoms. The number of ether oxygens (including phenoxy) is 2. The number of hydrogen-bond acceptors (Lipinski definition) is 5. The van der Waals surface area contributed by atoms with Crippen LogP contribution in [0.3, 0.4) is 0 Å². The predicted molar refractivity (Wildman–Crippen MR) is 71.1 cm³/mol. The molecule has 108 valence electrons. The van der Waals surface area contributed by atoms with Crippen molar-refractivity contribution >= 4 is 12.1 Å². The third kappa shape index (κ3) is 5.14. The Morgan fingerprint density at radius 2 is 2.15 bits per heavy atom. The van der Waals surface area contributed by atoms with E-state index in [1.165, 1.54) is 17.3 Å². The van der Waals surface area contributed by atoms with Crippen molar-refractivity contribution in [3.05, 3.63) is 24.0 Å². The maximum absolute atomic E-state index is 11.9. The second-order valence-electron chi connectivity index (χ2n) is 5.17. The lowest BCUT2D eigenvalue weighted by molar-refractivity contribution is -0.150. The molecule has 1 heterocycles. The van der Waals surface area contributed by atoms with Gasteiger partial charge in [0.2, 0.25) is 0 Å². The van der Waals surface area contributed by atoms with Gasteiger partial charge in [-0.1, -0.05) is 6.08 Å². The summed E-state index contributed by atoms with van der Waals surface area (Å²) in [5.41, 5.74) is -0.211. The smallest absolute Gasteiger partial charge is 0.417 e. The number of amides is 1. The largest absolute Gasteiger partial charge is 0.457 e. The molecule has 0 unspecified atom stereocenters. The van der Waals surface area contributed by atoms with Crippen molar-refractivity contribution in [2.24, 2.45) is 0 Å². The predicted octanol–water partition coefficient (Wildman–Crippen LogP) is 2.48. The zero-order valence-corrected chi connectivity index (χ0v) is 11.9. The van der Waals surface area contributed by atoms with Crippen LogP contribution >= 0.6 is 0 Å². The van der Waals surface area contributed by atoms with Gasteiger partial charge >= 0.3 is 12.1 Å². The van der Waals surface area contributed by atoms with E-state index in [9.17, 15) is 9.59 Å². The number of allylic oxidation sites excluding steroid dienone is 1. The molecule has 1 rings (SSSR count). The van der Waals surface area contributed by atoms with Crippen LogP contribution in [0.2, 0.25) is 0 Å². The topological polar surface area (TPSA) is 79.6 Å². The van der Waals surface area contributed by atoms with E-state index in [1.54, 1.807) is 26.8 Å². The second kappa shape index (κ2) is 6.75. The molecule has 1 amide bonds.